The van der Waals surface area contributed by atoms with E-state index in [0.717, 1.165) is 34.7 Å². The lowest BCUT2D eigenvalue weighted by Gasteiger charge is -2.30. The minimum atomic E-state index is -0.371. The van der Waals surface area contributed by atoms with Crippen molar-refractivity contribution in [1.82, 2.24) is 4.98 Å². The third-order valence-electron chi connectivity index (χ3n) is 4.39. The van der Waals surface area contributed by atoms with Crippen molar-refractivity contribution in [2.75, 3.05) is 18.6 Å². The Hall–Kier alpha value is -2.51. The Morgan fingerprint density at radius 3 is 2.88 bits per heavy atom. The lowest BCUT2D eigenvalue weighted by molar-refractivity contribution is 0.0599. The van der Waals surface area contributed by atoms with Gasteiger partial charge < -0.3 is 9.64 Å². The number of thiazole rings is 1. The number of hydrogen-bond donors (Lipinski definition) is 0. The number of methoxy groups -OCH3 is 1. The summed E-state index contributed by atoms with van der Waals surface area (Å²) in [6.45, 7) is 0.613. The van der Waals surface area contributed by atoms with Crippen LogP contribution in [0.15, 0.2) is 40.4 Å². The van der Waals surface area contributed by atoms with Crippen LogP contribution < -0.4 is 4.90 Å². The number of esters is 1. The standard InChI is InChI=1S/C19H16N2O3S2/c1-24-19(23)14-4-2-6-16-13(14)5-3-8-21(16)18(22)15-11-26-17(20-15)12-7-9-25-10-12/h2,4,6-7,9-11H,3,5,8H2,1H3. The molecule has 0 N–H and O–H groups in total. The average Bonchev–Trinajstić information content (AvgIpc) is 3.37. The maximum Gasteiger partial charge on any atom is 0.338 e. The van der Waals surface area contributed by atoms with Gasteiger partial charge in [0.05, 0.1) is 12.7 Å². The summed E-state index contributed by atoms with van der Waals surface area (Å²) in [5, 5.41) is 6.66. The molecule has 1 amide bonds. The largest absolute Gasteiger partial charge is 0.465 e. The SMILES string of the molecule is COC(=O)c1cccc2c1CCCN2C(=O)c1csc(-c2ccsc2)n1. The van der Waals surface area contributed by atoms with E-state index in [1.807, 2.05) is 22.9 Å². The van der Waals surface area contributed by atoms with Gasteiger partial charge in [0.2, 0.25) is 0 Å². The minimum Gasteiger partial charge on any atom is -0.465 e. The molecule has 0 saturated heterocycles. The first-order chi connectivity index (χ1) is 12.7. The van der Waals surface area contributed by atoms with E-state index >= 15 is 0 Å². The van der Waals surface area contributed by atoms with Gasteiger partial charge in [-0.05, 0) is 42.0 Å². The second kappa shape index (κ2) is 7.01. The average molecular weight is 384 g/mol. The summed E-state index contributed by atoms with van der Waals surface area (Å²) < 4.78 is 4.88. The summed E-state index contributed by atoms with van der Waals surface area (Å²) >= 11 is 3.07. The molecule has 0 saturated carbocycles. The van der Waals surface area contributed by atoms with Crippen molar-refractivity contribution in [3.8, 4) is 10.6 Å². The van der Waals surface area contributed by atoms with Gasteiger partial charge in [0.25, 0.3) is 5.91 Å². The van der Waals surface area contributed by atoms with Gasteiger partial charge >= 0.3 is 5.97 Å². The molecule has 5 nitrogen and oxygen atoms in total. The van der Waals surface area contributed by atoms with E-state index in [2.05, 4.69) is 4.98 Å². The molecular formula is C19H16N2O3S2. The van der Waals surface area contributed by atoms with Gasteiger partial charge in [-0.15, -0.1) is 11.3 Å². The summed E-state index contributed by atoms with van der Waals surface area (Å²) in [7, 11) is 1.37. The molecule has 0 aliphatic carbocycles. The molecule has 0 fully saturated rings. The molecular weight excluding hydrogens is 368 g/mol. The van der Waals surface area contributed by atoms with Crippen molar-refractivity contribution in [3.05, 3.63) is 57.2 Å². The summed E-state index contributed by atoms with van der Waals surface area (Å²) in [5.74, 6) is -0.504. The Kier molecular flexibility index (Phi) is 4.57. The first kappa shape index (κ1) is 16.9. The Bertz CT molecular complexity index is 963. The Morgan fingerprint density at radius 2 is 2.12 bits per heavy atom. The molecule has 1 aliphatic rings. The fourth-order valence-corrected chi connectivity index (χ4v) is 4.67. The first-order valence-corrected chi connectivity index (χ1v) is 10.0. The van der Waals surface area contributed by atoms with Crippen molar-refractivity contribution in [3.63, 3.8) is 0 Å². The van der Waals surface area contributed by atoms with E-state index in [-0.39, 0.29) is 11.9 Å². The van der Waals surface area contributed by atoms with Gasteiger partial charge in [-0.25, -0.2) is 9.78 Å². The zero-order chi connectivity index (χ0) is 18.1. The fraction of sp³-hybridized carbons (Fsp3) is 0.211. The number of carbonyl (C=O) groups is 2. The van der Waals surface area contributed by atoms with E-state index in [1.54, 1.807) is 33.7 Å². The molecule has 0 atom stereocenters. The number of aromatic nitrogens is 1. The number of carbonyl (C=O) groups excluding carboxylic acids is 2. The Balaban J connectivity index is 1.68. The molecule has 0 bridgehead atoms. The van der Waals surface area contributed by atoms with Crippen LogP contribution >= 0.6 is 22.7 Å². The molecule has 0 spiro atoms. The highest BCUT2D eigenvalue weighted by molar-refractivity contribution is 7.14. The molecule has 1 aliphatic heterocycles. The van der Waals surface area contributed by atoms with E-state index < -0.39 is 0 Å². The van der Waals surface area contributed by atoms with Crippen molar-refractivity contribution in [1.29, 1.82) is 0 Å². The zero-order valence-electron chi connectivity index (χ0n) is 14.1. The topological polar surface area (TPSA) is 59.5 Å². The van der Waals surface area contributed by atoms with Crippen LogP contribution in [-0.4, -0.2) is 30.5 Å². The van der Waals surface area contributed by atoms with Crippen LogP contribution in [0.1, 0.15) is 32.8 Å². The first-order valence-electron chi connectivity index (χ1n) is 8.19. The maximum atomic E-state index is 13.1. The van der Waals surface area contributed by atoms with Gasteiger partial charge in [0.1, 0.15) is 10.7 Å². The third kappa shape index (κ3) is 2.93. The predicted molar refractivity (Wildman–Crippen MR) is 103 cm³/mol. The summed E-state index contributed by atoms with van der Waals surface area (Å²) in [4.78, 5) is 31.3. The molecule has 0 unspecified atom stereocenters. The lowest BCUT2D eigenvalue weighted by Crippen LogP contribution is -2.36. The van der Waals surface area contributed by atoms with E-state index in [9.17, 15) is 9.59 Å². The summed E-state index contributed by atoms with van der Waals surface area (Å²) in [6.07, 6.45) is 1.55. The third-order valence-corrected chi connectivity index (χ3v) is 5.97. The quantitative estimate of drug-likeness (QED) is 0.634. The van der Waals surface area contributed by atoms with Crippen molar-refractivity contribution in [2.45, 2.75) is 12.8 Å². The van der Waals surface area contributed by atoms with Crippen molar-refractivity contribution in [2.24, 2.45) is 0 Å². The van der Waals surface area contributed by atoms with Crippen molar-refractivity contribution < 1.29 is 14.3 Å². The molecule has 3 aromatic rings. The highest BCUT2D eigenvalue weighted by atomic mass is 32.1. The van der Waals surface area contributed by atoms with E-state index in [1.165, 1.54) is 18.4 Å². The highest BCUT2D eigenvalue weighted by Gasteiger charge is 2.28. The van der Waals surface area contributed by atoms with Crippen LogP contribution in [0.25, 0.3) is 10.6 Å². The number of nitrogens with zero attached hydrogens (tertiary/aromatic N) is 2. The zero-order valence-corrected chi connectivity index (χ0v) is 15.7. The van der Waals surface area contributed by atoms with Crippen LogP contribution in [0.5, 0.6) is 0 Å². The summed E-state index contributed by atoms with van der Waals surface area (Å²) in [6, 6.07) is 7.41. The monoisotopic (exact) mass is 384 g/mol. The van der Waals surface area contributed by atoms with Gasteiger partial charge in [-0.2, -0.15) is 11.3 Å². The Labute approximate surface area is 158 Å². The van der Waals surface area contributed by atoms with Crippen LogP contribution in [0, 0.1) is 0 Å². The molecule has 26 heavy (non-hydrogen) atoms. The van der Waals surface area contributed by atoms with Gasteiger partial charge in [-0.1, -0.05) is 6.07 Å². The van der Waals surface area contributed by atoms with E-state index in [0.29, 0.717) is 17.8 Å². The predicted octanol–water partition coefficient (Wildman–Crippen LogP) is 4.25. The van der Waals surface area contributed by atoms with Gasteiger partial charge in [-0.3, -0.25) is 4.79 Å². The molecule has 1 aromatic carbocycles. The fourth-order valence-electron chi connectivity index (χ4n) is 3.17. The molecule has 4 rings (SSSR count). The molecule has 2 aromatic heterocycles. The van der Waals surface area contributed by atoms with Crippen molar-refractivity contribution >= 4 is 40.2 Å². The van der Waals surface area contributed by atoms with Crippen LogP contribution in [0.3, 0.4) is 0 Å². The number of hydrogen-bond acceptors (Lipinski definition) is 6. The normalized spacial score (nSPS) is 13.3. The second-order valence-corrected chi connectivity index (χ2v) is 7.54. The van der Waals surface area contributed by atoms with Gasteiger partial charge in [0, 0.05) is 28.6 Å². The van der Waals surface area contributed by atoms with Crippen LogP contribution in [0.4, 0.5) is 5.69 Å². The molecule has 3 heterocycles. The number of amides is 1. The number of rotatable bonds is 3. The smallest absolute Gasteiger partial charge is 0.338 e. The lowest BCUT2D eigenvalue weighted by atomic mass is 9.96. The minimum absolute atomic E-state index is 0.134. The van der Waals surface area contributed by atoms with Gasteiger partial charge in [0.15, 0.2) is 0 Å². The molecule has 132 valence electrons. The van der Waals surface area contributed by atoms with Crippen LogP contribution in [-0.2, 0) is 11.2 Å². The van der Waals surface area contributed by atoms with Crippen LogP contribution in [0.2, 0.25) is 0 Å². The number of ether oxygens (including phenoxy) is 1. The maximum absolute atomic E-state index is 13.1. The van der Waals surface area contributed by atoms with E-state index in [4.69, 9.17) is 4.74 Å². The highest BCUT2D eigenvalue weighted by Crippen LogP contribution is 2.32. The summed E-state index contributed by atoms with van der Waals surface area (Å²) in [5.41, 5.74) is 3.64. The molecule has 7 heteroatoms. The second-order valence-electron chi connectivity index (χ2n) is 5.91. The molecule has 0 radical (unpaired) electrons. The number of benzene rings is 1. The number of thiophene rings is 1. The number of anilines is 1. The number of fused-ring (bicyclic) bond motifs is 1. The Morgan fingerprint density at radius 1 is 1.23 bits per heavy atom.